The Morgan fingerprint density at radius 2 is 1.82 bits per heavy atom. The van der Waals surface area contributed by atoms with Crippen molar-refractivity contribution in [2.75, 3.05) is 5.75 Å². The fourth-order valence-corrected chi connectivity index (χ4v) is 4.48. The molecule has 1 rings (SSSR count). The lowest BCUT2D eigenvalue weighted by molar-refractivity contribution is -0.137. The zero-order valence-electron chi connectivity index (χ0n) is 10.4. The molecule has 0 aromatic carbocycles. The third kappa shape index (κ3) is 3.96. The molecule has 0 bridgehead atoms. The molecule has 0 aromatic heterocycles. The lowest BCUT2D eigenvalue weighted by Gasteiger charge is -2.37. The number of rotatable bonds is 5. The number of carboxylic acid groups (broad SMARTS) is 1. The molecule has 17 heavy (non-hydrogen) atoms. The maximum Gasteiger partial charge on any atom is 0.303 e. The van der Waals surface area contributed by atoms with E-state index in [2.05, 4.69) is 0 Å². The van der Waals surface area contributed by atoms with E-state index in [1.165, 1.54) is 0 Å². The fourth-order valence-electron chi connectivity index (χ4n) is 2.46. The second-order valence-electron chi connectivity index (χ2n) is 4.77. The van der Waals surface area contributed by atoms with Crippen LogP contribution >= 0.6 is 0 Å². The van der Waals surface area contributed by atoms with Crippen LogP contribution in [0, 0.1) is 0 Å². The van der Waals surface area contributed by atoms with Crippen LogP contribution in [0.1, 0.15) is 46.0 Å². The van der Waals surface area contributed by atoms with Crippen molar-refractivity contribution in [3.05, 3.63) is 0 Å². The van der Waals surface area contributed by atoms with E-state index in [1.54, 1.807) is 4.31 Å². The molecule has 0 saturated carbocycles. The summed E-state index contributed by atoms with van der Waals surface area (Å²) >= 11 is 0. The molecular formula is C11H21NO4S. The fraction of sp³-hybridized carbons (Fsp3) is 0.909. The molecule has 1 N–H and O–H groups in total. The first-order valence-electron chi connectivity index (χ1n) is 6.07. The van der Waals surface area contributed by atoms with Crippen molar-refractivity contribution in [3.8, 4) is 0 Å². The molecule has 1 saturated heterocycles. The first kappa shape index (κ1) is 14.4. The minimum Gasteiger partial charge on any atom is -0.481 e. The molecule has 1 heterocycles. The Labute approximate surface area is 103 Å². The van der Waals surface area contributed by atoms with Crippen LogP contribution in [0.25, 0.3) is 0 Å². The maximum absolute atomic E-state index is 12.1. The molecule has 0 aliphatic carbocycles. The Morgan fingerprint density at radius 3 is 2.29 bits per heavy atom. The Morgan fingerprint density at radius 1 is 1.29 bits per heavy atom. The second-order valence-corrected chi connectivity index (χ2v) is 6.77. The predicted molar refractivity (Wildman–Crippen MR) is 65.3 cm³/mol. The Hall–Kier alpha value is -0.620. The summed E-state index contributed by atoms with van der Waals surface area (Å²) in [5, 5.41) is 8.52. The molecule has 1 aliphatic heterocycles. The van der Waals surface area contributed by atoms with E-state index in [0.29, 0.717) is 0 Å². The standard InChI is InChI=1S/C11H21NO4S/c1-9-5-3-6-10(2)12(9)17(15,16)8-4-7-11(13)14/h9-10H,3-8H2,1-2H3,(H,13,14)/t9-,10+. The van der Waals surface area contributed by atoms with Crippen molar-refractivity contribution in [2.45, 2.75) is 58.0 Å². The second kappa shape index (κ2) is 5.82. The van der Waals surface area contributed by atoms with Crippen LogP contribution in [0.15, 0.2) is 0 Å². The highest BCUT2D eigenvalue weighted by atomic mass is 32.2. The summed E-state index contributed by atoms with van der Waals surface area (Å²) in [4.78, 5) is 10.4. The zero-order valence-corrected chi connectivity index (χ0v) is 11.2. The van der Waals surface area contributed by atoms with Crippen LogP contribution in [0.3, 0.4) is 0 Å². The third-order valence-corrected chi connectivity index (χ3v) is 5.39. The van der Waals surface area contributed by atoms with Gasteiger partial charge in [0, 0.05) is 18.5 Å². The molecule has 1 aliphatic rings. The van der Waals surface area contributed by atoms with E-state index in [-0.39, 0.29) is 30.7 Å². The van der Waals surface area contributed by atoms with Crippen LogP contribution in [0.5, 0.6) is 0 Å². The SMILES string of the molecule is C[C@@H]1CCC[C@H](C)N1S(=O)(=O)CCCC(=O)O. The normalized spacial score (nSPS) is 26.9. The van der Waals surface area contributed by atoms with Gasteiger partial charge in [-0.2, -0.15) is 4.31 Å². The summed E-state index contributed by atoms with van der Waals surface area (Å²) in [6.07, 6.45) is 2.94. The van der Waals surface area contributed by atoms with Crippen molar-refractivity contribution >= 4 is 16.0 Å². The van der Waals surface area contributed by atoms with Crippen molar-refractivity contribution in [1.29, 1.82) is 0 Å². The van der Waals surface area contributed by atoms with Gasteiger partial charge in [-0.15, -0.1) is 0 Å². The zero-order chi connectivity index (χ0) is 13.1. The van der Waals surface area contributed by atoms with Crippen molar-refractivity contribution < 1.29 is 18.3 Å². The topological polar surface area (TPSA) is 74.7 Å². The smallest absolute Gasteiger partial charge is 0.303 e. The molecule has 0 unspecified atom stereocenters. The van der Waals surface area contributed by atoms with Crippen LogP contribution in [0.4, 0.5) is 0 Å². The number of hydrogen-bond donors (Lipinski definition) is 1. The number of sulfonamides is 1. The molecule has 5 nitrogen and oxygen atoms in total. The highest BCUT2D eigenvalue weighted by Gasteiger charge is 2.33. The monoisotopic (exact) mass is 263 g/mol. The van der Waals surface area contributed by atoms with Crippen LogP contribution < -0.4 is 0 Å². The summed E-state index contributed by atoms with van der Waals surface area (Å²) in [5.74, 6) is -1.01. The lowest BCUT2D eigenvalue weighted by atomic mass is 10.0. The Kier molecular flexibility index (Phi) is 4.94. The number of nitrogens with zero attached hydrogens (tertiary/aromatic N) is 1. The van der Waals surface area contributed by atoms with Gasteiger partial charge < -0.3 is 5.11 Å². The van der Waals surface area contributed by atoms with Crippen molar-refractivity contribution in [1.82, 2.24) is 4.31 Å². The van der Waals surface area contributed by atoms with Gasteiger partial charge in [0.2, 0.25) is 10.0 Å². The Balaban J connectivity index is 2.64. The van der Waals surface area contributed by atoms with Gasteiger partial charge in [-0.3, -0.25) is 4.79 Å². The van der Waals surface area contributed by atoms with Gasteiger partial charge in [-0.25, -0.2) is 8.42 Å². The van der Waals surface area contributed by atoms with E-state index in [1.807, 2.05) is 13.8 Å². The van der Waals surface area contributed by atoms with Crippen molar-refractivity contribution in [2.24, 2.45) is 0 Å². The summed E-state index contributed by atoms with van der Waals surface area (Å²) in [6, 6.07) is 0.0714. The van der Waals surface area contributed by atoms with E-state index >= 15 is 0 Å². The summed E-state index contributed by atoms with van der Waals surface area (Å²) in [6.45, 7) is 3.84. The van der Waals surface area contributed by atoms with Gasteiger partial charge in [0.05, 0.1) is 5.75 Å². The van der Waals surface area contributed by atoms with Crippen molar-refractivity contribution in [3.63, 3.8) is 0 Å². The minimum atomic E-state index is -3.31. The van der Waals surface area contributed by atoms with E-state index < -0.39 is 16.0 Å². The number of piperidine rings is 1. The molecule has 6 heteroatoms. The van der Waals surface area contributed by atoms with Gasteiger partial charge in [-0.1, -0.05) is 6.42 Å². The molecule has 2 atom stereocenters. The average molecular weight is 263 g/mol. The van der Waals surface area contributed by atoms with Crippen LogP contribution in [-0.4, -0.2) is 41.6 Å². The predicted octanol–water partition coefficient (Wildman–Crippen LogP) is 1.44. The van der Waals surface area contributed by atoms with Crippen LogP contribution in [-0.2, 0) is 14.8 Å². The quantitative estimate of drug-likeness (QED) is 0.814. The highest BCUT2D eigenvalue weighted by Crippen LogP contribution is 2.26. The molecule has 1 fully saturated rings. The van der Waals surface area contributed by atoms with Crippen LogP contribution in [0.2, 0.25) is 0 Å². The number of carbonyl (C=O) groups is 1. The molecule has 0 radical (unpaired) electrons. The van der Waals surface area contributed by atoms with Gasteiger partial charge in [0.25, 0.3) is 0 Å². The third-order valence-electron chi connectivity index (χ3n) is 3.23. The largest absolute Gasteiger partial charge is 0.481 e. The minimum absolute atomic E-state index is 0.0357. The number of carboxylic acids is 1. The Bertz CT molecular complexity index is 356. The number of hydrogen-bond acceptors (Lipinski definition) is 3. The average Bonchev–Trinajstić information content (AvgIpc) is 2.15. The summed E-state index contributed by atoms with van der Waals surface area (Å²) in [5.41, 5.74) is 0. The highest BCUT2D eigenvalue weighted by molar-refractivity contribution is 7.89. The molecular weight excluding hydrogens is 242 g/mol. The first-order valence-corrected chi connectivity index (χ1v) is 7.68. The summed E-state index contributed by atoms with van der Waals surface area (Å²) in [7, 11) is -3.31. The van der Waals surface area contributed by atoms with Gasteiger partial charge in [-0.05, 0) is 33.1 Å². The molecule has 0 spiro atoms. The molecule has 0 amide bonds. The van der Waals surface area contributed by atoms with Gasteiger partial charge in [0.1, 0.15) is 0 Å². The summed E-state index contributed by atoms with van der Waals surface area (Å²) < 4.78 is 25.8. The molecule has 0 aromatic rings. The first-order chi connectivity index (χ1) is 7.84. The van der Waals surface area contributed by atoms with Gasteiger partial charge >= 0.3 is 5.97 Å². The molecule has 100 valence electrons. The van der Waals surface area contributed by atoms with E-state index in [0.717, 1.165) is 19.3 Å². The van der Waals surface area contributed by atoms with E-state index in [9.17, 15) is 13.2 Å². The van der Waals surface area contributed by atoms with E-state index in [4.69, 9.17) is 5.11 Å². The lowest BCUT2D eigenvalue weighted by Crippen LogP contribution is -2.48. The maximum atomic E-state index is 12.1. The van der Waals surface area contributed by atoms with Gasteiger partial charge in [0.15, 0.2) is 0 Å². The number of aliphatic carboxylic acids is 1.